The molecule has 0 atom stereocenters. The molecule has 0 bridgehead atoms. The predicted molar refractivity (Wildman–Crippen MR) is 61.4 cm³/mol. The molecular weight excluding hydrogens is 208 g/mol. The zero-order chi connectivity index (χ0) is 10.7. The van der Waals surface area contributed by atoms with Crippen molar-refractivity contribution in [1.82, 2.24) is 9.97 Å². The summed E-state index contributed by atoms with van der Waals surface area (Å²) in [6.07, 6.45) is 3.48. The zero-order valence-corrected chi connectivity index (χ0v) is 8.74. The van der Waals surface area contributed by atoms with Crippen LogP contribution >= 0.6 is 11.8 Å². The Morgan fingerprint density at radius 1 is 1.00 bits per heavy atom. The van der Waals surface area contributed by atoms with Crippen molar-refractivity contribution in [3.8, 4) is 0 Å². The fraction of sp³-hybridized carbons (Fsp3) is 0. The predicted octanol–water partition coefficient (Wildman–Crippen LogP) is 1.79. The largest absolute Gasteiger partial charge is 0.396 e. The molecule has 2 heterocycles. The summed E-state index contributed by atoms with van der Waals surface area (Å²) in [7, 11) is 0. The summed E-state index contributed by atoms with van der Waals surface area (Å²) in [5, 5.41) is 0.827. The van der Waals surface area contributed by atoms with Gasteiger partial charge in [0.2, 0.25) is 0 Å². The highest BCUT2D eigenvalue weighted by Crippen LogP contribution is 2.27. The molecule has 0 spiro atoms. The van der Waals surface area contributed by atoms with Crippen LogP contribution < -0.4 is 11.5 Å². The van der Waals surface area contributed by atoms with E-state index in [0.29, 0.717) is 11.5 Å². The minimum atomic E-state index is 0.369. The smallest absolute Gasteiger partial charge is 0.147 e. The van der Waals surface area contributed by atoms with Crippen molar-refractivity contribution < 1.29 is 0 Å². The SMILES string of the molecule is Nc1ccc(Sc2ccncc2)nc1N. The maximum absolute atomic E-state index is 5.61. The molecular formula is C10H10N4S. The molecule has 2 aromatic rings. The van der Waals surface area contributed by atoms with Crippen LogP contribution in [0, 0.1) is 0 Å². The second-order valence-electron chi connectivity index (χ2n) is 2.91. The molecule has 0 aromatic carbocycles. The molecule has 0 saturated heterocycles. The van der Waals surface area contributed by atoms with Crippen LogP contribution in [0.3, 0.4) is 0 Å². The Labute approximate surface area is 91.7 Å². The lowest BCUT2D eigenvalue weighted by atomic mass is 10.4. The molecule has 0 fully saturated rings. The first-order chi connectivity index (χ1) is 7.25. The van der Waals surface area contributed by atoms with Gasteiger partial charge in [0.05, 0.1) is 5.69 Å². The first-order valence-corrected chi connectivity index (χ1v) is 5.17. The number of rotatable bonds is 2. The second-order valence-corrected chi connectivity index (χ2v) is 4.00. The van der Waals surface area contributed by atoms with Crippen LogP contribution in [0.2, 0.25) is 0 Å². The Kier molecular flexibility index (Phi) is 2.73. The van der Waals surface area contributed by atoms with Crippen molar-refractivity contribution in [3.05, 3.63) is 36.7 Å². The van der Waals surface area contributed by atoms with Crippen LogP contribution in [-0.4, -0.2) is 9.97 Å². The number of nitrogen functional groups attached to an aromatic ring is 2. The Morgan fingerprint density at radius 2 is 1.73 bits per heavy atom. The molecule has 0 aliphatic rings. The highest BCUT2D eigenvalue weighted by molar-refractivity contribution is 7.99. The van der Waals surface area contributed by atoms with E-state index >= 15 is 0 Å². The van der Waals surface area contributed by atoms with E-state index in [0.717, 1.165) is 9.92 Å². The molecule has 0 saturated carbocycles. The molecule has 2 aromatic heterocycles. The highest BCUT2D eigenvalue weighted by Gasteiger charge is 2.01. The third-order valence-corrected chi connectivity index (χ3v) is 2.75. The molecule has 5 heteroatoms. The molecule has 15 heavy (non-hydrogen) atoms. The Hall–Kier alpha value is -1.75. The number of anilines is 2. The van der Waals surface area contributed by atoms with Gasteiger partial charge in [0.25, 0.3) is 0 Å². The number of hydrogen-bond acceptors (Lipinski definition) is 5. The van der Waals surface area contributed by atoms with Gasteiger partial charge in [0.1, 0.15) is 10.8 Å². The summed E-state index contributed by atoms with van der Waals surface area (Å²) in [5.41, 5.74) is 11.7. The summed E-state index contributed by atoms with van der Waals surface area (Å²) < 4.78 is 0. The minimum Gasteiger partial charge on any atom is -0.396 e. The topological polar surface area (TPSA) is 77.8 Å². The van der Waals surface area contributed by atoms with E-state index < -0.39 is 0 Å². The van der Waals surface area contributed by atoms with Gasteiger partial charge in [-0.2, -0.15) is 0 Å². The fourth-order valence-electron chi connectivity index (χ4n) is 1.05. The lowest BCUT2D eigenvalue weighted by molar-refractivity contribution is 1.14. The third-order valence-electron chi connectivity index (χ3n) is 1.80. The van der Waals surface area contributed by atoms with E-state index in [1.54, 1.807) is 18.5 Å². The van der Waals surface area contributed by atoms with E-state index in [9.17, 15) is 0 Å². The summed E-state index contributed by atoms with van der Waals surface area (Å²) in [5.74, 6) is 0.369. The molecule has 0 amide bonds. The van der Waals surface area contributed by atoms with Crippen LogP contribution in [0.1, 0.15) is 0 Å². The van der Waals surface area contributed by atoms with E-state index in [1.165, 1.54) is 11.8 Å². The Morgan fingerprint density at radius 3 is 2.40 bits per heavy atom. The number of aromatic nitrogens is 2. The van der Waals surface area contributed by atoms with Gasteiger partial charge < -0.3 is 11.5 Å². The van der Waals surface area contributed by atoms with Crippen molar-refractivity contribution in [3.63, 3.8) is 0 Å². The number of nitrogens with zero attached hydrogens (tertiary/aromatic N) is 2. The molecule has 0 aliphatic carbocycles. The van der Waals surface area contributed by atoms with Crippen molar-refractivity contribution in [1.29, 1.82) is 0 Å². The molecule has 2 rings (SSSR count). The van der Waals surface area contributed by atoms with Crippen LogP contribution in [0.15, 0.2) is 46.6 Å². The van der Waals surface area contributed by atoms with Crippen molar-refractivity contribution >= 4 is 23.3 Å². The molecule has 0 aliphatic heterocycles. The molecule has 76 valence electrons. The van der Waals surface area contributed by atoms with Gasteiger partial charge in [-0.1, -0.05) is 11.8 Å². The Balaban J connectivity index is 2.22. The standard InChI is InChI=1S/C10H10N4S/c11-8-1-2-9(14-10(8)12)15-7-3-5-13-6-4-7/h1-6H,11H2,(H2,12,14). The van der Waals surface area contributed by atoms with E-state index in [1.807, 2.05) is 18.2 Å². The molecule has 0 unspecified atom stereocenters. The van der Waals surface area contributed by atoms with Gasteiger partial charge in [0, 0.05) is 17.3 Å². The Bertz CT molecular complexity index is 458. The van der Waals surface area contributed by atoms with E-state index in [4.69, 9.17) is 11.5 Å². The van der Waals surface area contributed by atoms with Crippen LogP contribution in [0.4, 0.5) is 11.5 Å². The van der Waals surface area contributed by atoms with Gasteiger partial charge in [-0.3, -0.25) is 4.98 Å². The average Bonchev–Trinajstić information content (AvgIpc) is 2.25. The summed E-state index contributed by atoms with van der Waals surface area (Å²) in [6, 6.07) is 7.43. The van der Waals surface area contributed by atoms with Crippen molar-refractivity contribution in [2.75, 3.05) is 11.5 Å². The van der Waals surface area contributed by atoms with Crippen LogP contribution in [0.25, 0.3) is 0 Å². The summed E-state index contributed by atoms with van der Waals surface area (Å²) in [6.45, 7) is 0. The second kappa shape index (κ2) is 4.18. The number of pyridine rings is 2. The average molecular weight is 218 g/mol. The maximum atomic E-state index is 5.61. The van der Waals surface area contributed by atoms with Crippen LogP contribution in [-0.2, 0) is 0 Å². The lowest BCUT2D eigenvalue weighted by Crippen LogP contribution is -1.97. The highest BCUT2D eigenvalue weighted by atomic mass is 32.2. The molecule has 0 radical (unpaired) electrons. The van der Waals surface area contributed by atoms with Crippen molar-refractivity contribution in [2.24, 2.45) is 0 Å². The molecule has 4 N–H and O–H groups in total. The monoisotopic (exact) mass is 218 g/mol. The van der Waals surface area contributed by atoms with Crippen LogP contribution in [0.5, 0.6) is 0 Å². The van der Waals surface area contributed by atoms with E-state index in [-0.39, 0.29) is 0 Å². The van der Waals surface area contributed by atoms with E-state index in [2.05, 4.69) is 9.97 Å². The zero-order valence-electron chi connectivity index (χ0n) is 7.92. The third kappa shape index (κ3) is 2.38. The van der Waals surface area contributed by atoms with Gasteiger partial charge >= 0.3 is 0 Å². The summed E-state index contributed by atoms with van der Waals surface area (Å²) >= 11 is 1.52. The normalized spacial score (nSPS) is 10.1. The van der Waals surface area contributed by atoms with Gasteiger partial charge in [-0.15, -0.1) is 0 Å². The first-order valence-electron chi connectivity index (χ1n) is 4.35. The lowest BCUT2D eigenvalue weighted by Gasteiger charge is -2.03. The van der Waals surface area contributed by atoms with Gasteiger partial charge in [-0.25, -0.2) is 4.98 Å². The van der Waals surface area contributed by atoms with Gasteiger partial charge in [-0.05, 0) is 24.3 Å². The van der Waals surface area contributed by atoms with Crippen molar-refractivity contribution in [2.45, 2.75) is 9.92 Å². The quantitative estimate of drug-likeness (QED) is 0.803. The summed E-state index contributed by atoms with van der Waals surface area (Å²) in [4.78, 5) is 9.17. The van der Waals surface area contributed by atoms with Gasteiger partial charge in [0.15, 0.2) is 0 Å². The number of nitrogens with two attached hydrogens (primary N) is 2. The fourth-order valence-corrected chi connectivity index (χ4v) is 1.83. The molecule has 4 nitrogen and oxygen atoms in total. The minimum absolute atomic E-state index is 0.369. The number of hydrogen-bond donors (Lipinski definition) is 2. The first kappa shape index (κ1) is 9.79. The maximum Gasteiger partial charge on any atom is 0.147 e.